The third-order valence-electron chi connectivity index (χ3n) is 4.87. The summed E-state index contributed by atoms with van der Waals surface area (Å²) in [5.41, 5.74) is 5.08. The number of nitrogens with zero attached hydrogens (tertiary/aromatic N) is 2. The molecule has 0 atom stereocenters. The third-order valence-corrected chi connectivity index (χ3v) is 5.74. The number of anilines is 2. The Kier molecular flexibility index (Phi) is 7.15. The van der Waals surface area contributed by atoms with Crippen LogP contribution in [-0.2, 0) is 16.1 Å². The number of methoxy groups -OCH3 is 2. The van der Waals surface area contributed by atoms with Crippen LogP contribution in [0.3, 0.4) is 0 Å². The first-order valence-corrected chi connectivity index (χ1v) is 10.8. The van der Waals surface area contributed by atoms with Crippen molar-refractivity contribution in [2.75, 3.05) is 19.1 Å². The van der Waals surface area contributed by atoms with Crippen LogP contribution in [0.5, 0.6) is 11.5 Å². The molecule has 8 heteroatoms. The highest BCUT2D eigenvalue weighted by Gasteiger charge is 2.22. The van der Waals surface area contributed by atoms with Gasteiger partial charge >= 0.3 is 5.97 Å². The Morgan fingerprint density at radius 3 is 2.31 bits per heavy atom. The first-order chi connectivity index (χ1) is 15.2. The van der Waals surface area contributed by atoms with Crippen molar-refractivity contribution in [3.63, 3.8) is 0 Å². The van der Waals surface area contributed by atoms with Crippen molar-refractivity contribution in [2.45, 2.75) is 34.3 Å². The molecule has 0 bridgehead atoms. The van der Waals surface area contributed by atoms with Gasteiger partial charge in [0.1, 0.15) is 6.61 Å². The Bertz CT molecular complexity index is 1130. The van der Waals surface area contributed by atoms with Crippen molar-refractivity contribution < 1.29 is 23.8 Å². The van der Waals surface area contributed by atoms with E-state index in [2.05, 4.69) is 17.1 Å². The molecule has 0 aliphatic heterocycles. The summed E-state index contributed by atoms with van der Waals surface area (Å²) in [6, 6.07) is 8.93. The molecule has 32 heavy (non-hydrogen) atoms. The van der Waals surface area contributed by atoms with Gasteiger partial charge < -0.3 is 14.2 Å². The lowest BCUT2D eigenvalue weighted by molar-refractivity contribution is -0.115. The molecule has 0 aliphatic rings. The molecule has 0 saturated carbocycles. The fourth-order valence-electron chi connectivity index (χ4n) is 3.56. The van der Waals surface area contributed by atoms with Gasteiger partial charge in [-0.1, -0.05) is 17.7 Å². The Morgan fingerprint density at radius 1 is 1.03 bits per heavy atom. The van der Waals surface area contributed by atoms with E-state index in [9.17, 15) is 9.59 Å². The van der Waals surface area contributed by atoms with E-state index in [0.29, 0.717) is 27.9 Å². The summed E-state index contributed by atoms with van der Waals surface area (Å²) in [4.78, 5) is 30.5. The van der Waals surface area contributed by atoms with Crippen LogP contribution in [0.25, 0.3) is 0 Å². The van der Waals surface area contributed by atoms with Crippen LogP contribution in [0.4, 0.5) is 10.8 Å². The van der Waals surface area contributed by atoms with Crippen LogP contribution >= 0.6 is 11.3 Å². The van der Waals surface area contributed by atoms with Crippen LogP contribution in [0, 0.1) is 20.8 Å². The fourth-order valence-corrected chi connectivity index (χ4v) is 4.42. The zero-order chi connectivity index (χ0) is 23.4. The summed E-state index contributed by atoms with van der Waals surface area (Å²) in [6.07, 6.45) is 0. The summed E-state index contributed by atoms with van der Waals surface area (Å²) in [5, 5.41) is 2.44. The minimum absolute atomic E-state index is 0.109. The topological polar surface area (TPSA) is 78.0 Å². The largest absolute Gasteiger partial charge is 0.493 e. The molecule has 3 aromatic rings. The highest BCUT2D eigenvalue weighted by molar-refractivity contribution is 7.14. The number of carbonyl (C=O) groups is 2. The molecular formula is C24H26N2O5S. The van der Waals surface area contributed by atoms with Crippen molar-refractivity contribution in [1.29, 1.82) is 0 Å². The molecule has 0 spiro atoms. The number of benzene rings is 2. The average Bonchev–Trinajstić information content (AvgIpc) is 3.21. The van der Waals surface area contributed by atoms with Gasteiger partial charge in [-0.25, -0.2) is 9.78 Å². The van der Waals surface area contributed by atoms with Gasteiger partial charge in [0.2, 0.25) is 5.91 Å². The van der Waals surface area contributed by atoms with Crippen molar-refractivity contribution >= 4 is 34.0 Å². The van der Waals surface area contributed by atoms with Crippen molar-refractivity contribution in [3.05, 3.63) is 63.7 Å². The van der Waals surface area contributed by atoms with E-state index in [4.69, 9.17) is 14.2 Å². The van der Waals surface area contributed by atoms with Gasteiger partial charge in [0.05, 0.1) is 31.2 Å². The van der Waals surface area contributed by atoms with Crippen LogP contribution in [0.15, 0.2) is 35.7 Å². The van der Waals surface area contributed by atoms with E-state index in [1.165, 1.54) is 32.5 Å². The molecule has 0 fully saturated rings. The molecule has 1 amide bonds. The molecule has 7 nitrogen and oxygen atoms in total. The highest BCUT2D eigenvalue weighted by atomic mass is 32.1. The van der Waals surface area contributed by atoms with E-state index in [1.54, 1.807) is 23.1 Å². The minimum atomic E-state index is -0.454. The second-order valence-electron chi connectivity index (χ2n) is 7.37. The number of aromatic nitrogens is 1. The van der Waals surface area contributed by atoms with Crippen LogP contribution in [0.1, 0.15) is 39.7 Å². The number of rotatable bonds is 7. The molecule has 2 aromatic carbocycles. The molecule has 168 valence electrons. The van der Waals surface area contributed by atoms with Crippen molar-refractivity contribution in [1.82, 2.24) is 4.98 Å². The maximum atomic E-state index is 12.5. The third kappa shape index (κ3) is 4.91. The van der Waals surface area contributed by atoms with Gasteiger partial charge in [-0.2, -0.15) is 0 Å². The zero-order valence-corrected chi connectivity index (χ0v) is 19.8. The Balaban J connectivity index is 1.83. The second kappa shape index (κ2) is 9.82. The van der Waals surface area contributed by atoms with Gasteiger partial charge in [-0.3, -0.25) is 9.69 Å². The van der Waals surface area contributed by atoms with Crippen molar-refractivity contribution in [2.24, 2.45) is 0 Å². The van der Waals surface area contributed by atoms with E-state index in [1.807, 2.05) is 26.2 Å². The molecule has 1 heterocycles. The van der Waals surface area contributed by atoms with Gasteiger partial charge in [-0.05, 0) is 50.1 Å². The normalized spacial score (nSPS) is 10.6. The number of thiazole rings is 1. The van der Waals surface area contributed by atoms with Gasteiger partial charge in [0, 0.05) is 12.3 Å². The van der Waals surface area contributed by atoms with Crippen LogP contribution < -0.4 is 14.4 Å². The molecule has 3 rings (SSSR count). The smallest absolute Gasteiger partial charge is 0.337 e. The number of hydrogen-bond donors (Lipinski definition) is 0. The van der Waals surface area contributed by atoms with Crippen molar-refractivity contribution in [3.8, 4) is 11.5 Å². The maximum Gasteiger partial charge on any atom is 0.337 e. The zero-order valence-electron chi connectivity index (χ0n) is 19.0. The summed E-state index contributed by atoms with van der Waals surface area (Å²) >= 11 is 1.38. The lowest BCUT2D eigenvalue weighted by Gasteiger charge is -2.23. The summed E-state index contributed by atoms with van der Waals surface area (Å²) < 4.78 is 15.9. The number of aryl methyl sites for hydroxylation is 3. The molecule has 0 aliphatic carbocycles. The first kappa shape index (κ1) is 23.3. The minimum Gasteiger partial charge on any atom is -0.493 e. The predicted octanol–water partition coefficient (Wildman–Crippen LogP) is 5.13. The van der Waals surface area contributed by atoms with Crippen LogP contribution in [-0.4, -0.2) is 31.1 Å². The molecule has 0 N–H and O–H groups in total. The number of carbonyl (C=O) groups excluding carboxylic acids is 2. The van der Waals surface area contributed by atoms with E-state index in [0.717, 1.165) is 22.4 Å². The number of esters is 1. The molecule has 0 unspecified atom stereocenters. The van der Waals surface area contributed by atoms with Gasteiger partial charge in [0.15, 0.2) is 16.6 Å². The Labute approximate surface area is 191 Å². The van der Waals surface area contributed by atoms with E-state index in [-0.39, 0.29) is 12.5 Å². The molecule has 0 radical (unpaired) electrons. The average molecular weight is 455 g/mol. The van der Waals surface area contributed by atoms with E-state index < -0.39 is 5.97 Å². The van der Waals surface area contributed by atoms with E-state index >= 15 is 0 Å². The Morgan fingerprint density at radius 2 is 1.72 bits per heavy atom. The quantitative estimate of drug-likeness (QED) is 0.461. The molecular weight excluding hydrogens is 428 g/mol. The summed E-state index contributed by atoms with van der Waals surface area (Å²) in [5.74, 6) is 0.329. The second-order valence-corrected chi connectivity index (χ2v) is 8.21. The number of hydrogen-bond acceptors (Lipinski definition) is 7. The highest BCUT2D eigenvalue weighted by Crippen LogP contribution is 2.35. The summed E-state index contributed by atoms with van der Waals surface area (Å²) in [6.45, 7) is 7.74. The van der Waals surface area contributed by atoms with Crippen LogP contribution in [0.2, 0.25) is 0 Å². The molecule has 0 saturated heterocycles. The predicted molar refractivity (Wildman–Crippen MR) is 124 cm³/mol. The lowest BCUT2D eigenvalue weighted by Crippen LogP contribution is -2.24. The Hall–Kier alpha value is -3.39. The monoisotopic (exact) mass is 454 g/mol. The van der Waals surface area contributed by atoms with Gasteiger partial charge in [-0.15, -0.1) is 11.3 Å². The maximum absolute atomic E-state index is 12.5. The number of amides is 1. The lowest BCUT2D eigenvalue weighted by atomic mass is 10.0. The first-order valence-electron chi connectivity index (χ1n) is 9.97. The molecule has 1 aromatic heterocycles. The fraction of sp³-hybridized carbons (Fsp3) is 0.292. The number of ether oxygens (including phenoxy) is 3. The SMILES string of the molecule is COC(=O)c1ccc(OCc2csc(N(C(C)=O)c3c(C)cc(C)cc3C)n2)c(OC)c1. The standard InChI is InChI=1S/C24H26N2O5S/c1-14-9-15(2)22(16(3)10-14)26(17(4)27)24-25-19(13-32-24)12-31-20-8-7-18(23(28)30-6)11-21(20)29-5/h7-11,13H,12H2,1-6H3. The summed E-state index contributed by atoms with van der Waals surface area (Å²) in [7, 11) is 2.82. The van der Waals surface area contributed by atoms with Gasteiger partial charge in [0.25, 0.3) is 0 Å².